The third kappa shape index (κ3) is 3.17. The molecular weight excluding hydrogens is 156 g/mol. The molecule has 0 unspecified atom stereocenters. The molecule has 1 fully saturated rings. The first-order valence-corrected chi connectivity index (χ1v) is 5.95. The summed E-state index contributed by atoms with van der Waals surface area (Å²) in [5, 5.41) is 0. The number of rotatable bonds is 3. The molecular formula is C13H24. The quantitative estimate of drug-likeness (QED) is 0.558. The van der Waals surface area contributed by atoms with E-state index in [0.29, 0.717) is 0 Å². The highest BCUT2D eigenvalue weighted by Gasteiger charge is 2.18. The van der Waals surface area contributed by atoms with Crippen molar-refractivity contribution < 1.29 is 0 Å². The lowest BCUT2D eigenvalue weighted by molar-refractivity contribution is 0.380. The molecule has 0 radical (unpaired) electrons. The maximum absolute atomic E-state index is 2.47. The first-order valence-electron chi connectivity index (χ1n) is 5.95. The highest BCUT2D eigenvalue weighted by Crippen LogP contribution is 2.33. The summed E-state index contributed by atoms with van der Waals surface area (Å²) >= 11 is 0. The number of allylic oxidation sites excluding steroid dienone is 2. The van der Waals surface area contributed by atoms with Crippen LogP contribution in [0, 0.1) is 11.8 Å². The average molecular weight is 180 g/mol. The minimum atomic E-state index is 0.767. The third-order valence-corrected chi connectivity index (χ3v) is 3.18. The topological polar surface area (TPSA) is 0 Å². The number of hydrogen-bond acceptors (Lipinski definition) is 0. The molecule has 76 valence electrons. The van der Waals surface area contributed by atoms with Gasteiger partial charge in [-0.25, -0.2) is 0 Å². The van der Waals surface area contributed by atoms with Crippen LogP contribution in [0.15, 0.2) is 11.6 Å². The van der Waals surface area contributed by atoms with Crippen LogP contribution in [-0.4, -0.2) is 0 Å². The van der Waals surface area contributed by atoms with Crippen LogP contribution < -0.4 is 0 Å². The Morgan fingerprint density at radius 3 is 2.31 bits per heavy atom. The second-order valence-electron chi connectivity index (χ2n) is 4.60. The van der Waals surface area contributed by atoms with E-state index < -0.39 is 0 Å². The fourth-order valence-electron chi connectivity index (χ4n) is 2.55. The van der Waals surface area contributed by atoms with E-state index in [1.54, 1.807) is 5.57 Å². The van der Waals surface area contributed by atoms with Gasteiger partial charge in [0.05, 0.1) is 0 Å². The molecule has 0 N–H and O–H groups in total. The molecule has 0 atom stereocenters. The maximum atomic E-state index is 2.47. The molecule has 1 rings (SSSR count). The lowest BCUT2D eigenvalue weighted by Crippen LogP contribution is -2.13. The van der Waals surface area contributed by atoms with Crippen molar-refractivity contribution in [1.82, 2.24) is 0 Å². The molecule has 1 aliphatic rings. The first-order chi connectivity index (χ1) is 6.25. The zero-order chi connectivity index (χ0) is 9.68. The van der Waals surface area contributed by atoms with Gasteiger partial charge in [-0.2, -0.15) is 0 Å². The lowest BCUT2D eigenvalue weighted by atomic mass is 9.79. The average Bonchev–Trinajstić information content (AvgIpc) is 2.15. The van der Waals surface area contributed by atoms with Gasteiger partial charge in [0, 0.05) is 0 Å². The molecule has 0 aliphatic heterocycles. The molecule has 0 bridgehead atoms. The fourth-order valence-corrected chi connectivity index (χ4v) is 2.55. The van der Waals surface area contributed by atoms with Crippen molar-refractivity contribution in [2.45, 2.75) is 59.3 Å². The maximum Gasteiger partial charge on any atom is -0.0201 e. The Hall–Kier alpha value is -0.260. The van der Waals surface area contributed by atoms with Crippen LogP contribution in [0.1, 0.15) is 59.3 Å². The van der Waals surface area contributed by atoms with Gasteiger partial charge in [0.15, 0.2) is 0 Å². The monoisotopic (exact) mass is 180 g/mol. The van der Waals surface area contributed by atoms with Gasteiger partial charge in [-0.05, 0) is 31.1 Å². The second kappa shape index (κ2) is 5.47. The molecule has 0 spiro atoms. The van der Waals surface area contributed by atoms with Crippen molar-refractivity contribution >= 4 is 0 Å². The van der Waals surface area contributed by atoms with Gasteiger partial charge >= 0.3 is 0 Å². The van der Waals surface area contributed by atoms with Gasteiger partial charge in [0.2, 0.25) is 0 Å². The van der Waals surface area contributed by atoms with E-state index in [1.807, 2.05) is 0 Å². The molecule has 0 nitrogen and oxygen atoms in total. The van der Waals surface area contributed by atoms with Crippen molar-refractivity contribution in [3.63, 3.8) is 0 Å². The molecule has 0 aromatic heterocycles. The second-order valence-corrected chi connectivity index (χ2v) is 4.60. The summed E-state index contributed by atoms with van der Waals surface area (Å²) in [5.74, 6) is 1.69. The van der Waals surface area contributed by atoms with Gasteiger partial charge in [-0.15, -0.1) is 0 Å². The van der Waals surface area contributed by atoms with Gasteiger partial charge < -0.3 is 0 Å². The standard InChI is InChI=1S/C13H24/c1-4-8-13(11(2)3)12-9-6-5-7-10-12/h8,11-12H,4-7,9-10H2,1-3H3. The summed E-state index contributed by atoms with van der Waals surface area (Å²) in [6.45, 7) is 6.94. The predicted molar refractivity (Wildman–Crippen MR) is 59.8 cm³/mol. The Morgan fingerprint density at radius 2 is 1.85 bits per heavy atom. The van der Waals surface area contributed by atoms with Crippen LogP contribution >= 0.6 is 0 Å². The van der Waals surface area contributed by atoms with Crippen LogP contribution in [0.3, 0.4) is 0 Å². The molecule has 0 amide bonds. The van der Waals surface area contributed by atoms with Crippen molar-refractivity contribution in [3.05, 3.63) is 11.6 Å². The minimum absolute atomic E-state index is 0.767. The zero-order valence-electron chi connectivity index (χ0n) is 9.47. The predicted octanol–water partition coefficient (Wildman–Crippen LogP) is 4.56. The van der Waals surface area contributed by atoms with E-state index in [4.69, 9.17) is 0 Å². The molecule has 1 saturated carbocycles. The SMILES string of the molecule is CCC=C(C(C)C)C1CCCCC1. The summed E-state index contributed by atoms with van der Waals surface area (Å²) < 4.78 is 0. The smallest absolute Gasteiger partial charge is 0.0201 e. The number of hydrogen-bond donors (Lipinski definition) is 0. The largest absolute Gasteiger partial charge is 0.0851 e. The van der Waals surface area contributed by atoms with E-state index >= 15 is 0 Å². The summed E-state index contributed by atoms with van der Waals surface area (Å²) in [6, 6.07) is 0. The van der Waals surface area contributed by atoms with Crippen molar-refractivity contribution in [2.75, 3.05) is 0 Å². The fraction of sp³-hybridized carbons (Fsp3) is 0.846. The minimum Gasteiger partial charge on any atom is -0.0851 e. The summed E-state index contributed by atoms with van der Waals surface area (Å²) in [6.07, 6.45) is 11.0. The summed E-state index contributed by atoms with van der Waals surface area (Å²) in [7, 11) is 0. The molecule has 13 heavy (non-hydrogen) atoms. The van der Waals surface area contributed by atoms with E-state index in [2.05, 4.69) is 26.8 Å². The van der Waals surface area contributed by atoms with Crippen molar-refractivity contribution in [2.24, 2.45) is 11.8 Å². The molecule has 1 aliphatic carbocycles. The Labute approximate surface area is 83.4 Å². The first kappa shape index (κ1) is 10.8. The molecule has 0 aromatic rings. The van der Waals surface area contributed by atoms with E-state index in [9.17, 15) is 0 Å². The molecule has 0 aromatic carbocycles. The van der Waals surface area contributed by atoms with Crippen molar-refractivity contribution in [3.8, 4) is 0 Å². The van der Waals surface area contributed by atoms with E-state index in [1.165, 1.54) is 38.5 Å². The van der Waals surface area contributed by atoms with Gasteiger partial charge in [0.25, 0.3) is 0 Å². The van der Waals surface area contributed by atoms with Gasteiger partial charge in [0.1, 0.15) is 0 Å². The lowest BCUT2D eigenvalue weighted by Gasteiger charge is -2.27. The normalized spacial score (nSPS) is 21.1. The zero-order valence-corrected chi connectivity index (χ0v) is 9.47. The van der Waals surface area contributed by atoms with Crippen LogP contribution in [0.4, 0.5) is 0 Å². The van der Waals surface area contributed by atoms with Crippen LogP contribution in [0.25, 0.3) is 0 Å². The van der Waals surface area contributed by atoms with Gasteiger partial charge in [-0.1, -0.05) is 51.7 Å². The molecule has 0 saturated heterocycles. The van der Waals surface area contributed by atoms with Gasteiger partial charge in [-0.3, -0.25) is 0 Å². The van der Waals surface area contributed by atoms with E-state index in [0.717, 1.165) is 11.8 Å². The summed E-state index contributed by atoms with van der Waals surface area (Å²) in [4.78, 5) is 0. The Morgan fingerprint density at radius 1 is 1.23 bits per heavy atom. The Balaban J connectivity index is 2.57. The highest BCUT2D eigenvalue weighted by atomic mass is 14.2. The summed E-state index contributed by atoms with van der Waals surface area (Å²) in [5.41, 5.74) is 1.74. The van der Waals surface area contributed by atoms with E-state index in [-0.39, 0.29) is 0 Å². The highest BCUT2D eigenvalue weighted by molar-refractivity contribution is 5.09. The molecule has 0 heteroatoms. The van der Waals surface area contributed by atoms with Crippen LogP contribution in [0.5, 0.6) is 0 Å². The Kier molecular flexibility index (Phi) is 4.55. The van der Waals surface area contributed by atoms with Crippen LogP contribution in [0.2, 0.25) is 0 Å². The van der Waals surface area contributed by atoms with Crippen molar-refractivity contribution in [1.29, 1.82) is 0 Å². The Bertz CT molecular complexity index is 159. The third-order valence-electron chi connectivity index (χ3n) is 3.18. The molecule has 0 heterocycles. The van der Waals surface area contributed by atoms with Crippen LogP contribution in [-0.2, 0) is 0 Å².